The van der Waals surface area contributed by atoms with Gasteiger partial charge in [-0.1, -0.05) is 12.1 Å². The van der Waals surface area contributed by atoms with Gasteiger partial charge in [0.2, 0.25) is 11.2 Å². The molecule has 5 heteroatoms. The van der Waals surface area contributed by atoms with Gasteiger partial charge in [-0.2, -0.15) is 4.73 Å². The number of aromatic nitrogens is 1. The van der Waals surface area contributed by atoms with Gasteiger partial charge in [0.15, 0.2) is 6.10 Å². The van der Waals surface area contributed by atoms with Gasteiger partial charge >= 0.3 is 5.97 Å². The summed E-state index contributed by atoms with van der Waals surface area (Å²) in [5.74, 6) is -0.571. The third kappa shape index (κ3) is 2.20. The highest BCUT2D eigenvalue weighted by molar-refractivity contribution is 5.77. The number of carbonyl (C=O) groups is 1. The molecule has 0 saturated heterocycles. The lowest BCUT2D eigenvalue weighted by atomic mass is 9.84. The standard InChI is InChI=1S/C15H17NO4/c1-15(2,14(18)20-3)13(17)12-9-8-10-6-4-5-7-11(10)16(12)19/h4-9,13,17H,1-3H3/t13-/m1/s1. The highest BCUT2D eigenvalue weighted by atomic mass is 16.5. The number of rotatable bonds is 3. The van der Waals surface area contributed by atoms with Crippen molar-refractivity contribution < 1.29 is 19.4 Å². The van der Waals surface area contributed by atoms with E-state index < -0.39 is 17.5 Å². The maximum atomic E-state index is 12.3. The van der Waals surface area contributed by atoms with Crippen LogP contribution in [-0.2, 0) is 9.53 Å². The highest BCUT2D eigenvalue weighted by Crippen LogP contribution is 2.33. The Hall–Kier alpha value is -2.14. The Morgan fingerprint density at radius 2 is 1.95 bits per heavy atom. The van der Waals surface area contributed by atoms with Crippen molar-refractivity contribution in [3.63, 3.8) is 0 Å². The van der Waals surface area contributed by atoms with Crippen molar-refractivity contribution in [1.82, 2.24) is 0 Å². The van der Waals surface area contributed by atoms with Crippen LogP contribution in [0.25, 0.3) is 10.9 Å². The number of aliphatic hydroxyl groups is 1. The van der Waals surface area contributed by atoms with Gasteiger partial charge in [-0.15, -0.1) is 0 Å². The zero-order chi connectivity index (χ0) is 14.9. The van der Waals surface area contributed by atoms with E-state index in [9.17, 15) is 15.1 Å². The molecule has 0 aliphatic rings. The fourth-order valence-electron chi connectivity index (χ4n) is 2.14. The van der Waals surface area contributed by atoms with Crippen LogP contribution in [0, 0.1) is 10.6 Å². The fraction of sp³-hybridized carbons (Fsp3) is 0.333. The van der Waals surface area contributed by atoms with Crippen molar-refractivity contribution in [3.8, 4) is 0 Å². The maximum absolute atomic E-state index is 12.3. The van der Waals surface area contributed by atoms with Gasteiger partial charge in [0.25, 0.3) is 0 Å². The maximum Gasteiger partial charge on any atom is 0.314 e. The molecule has 1 N–H and O–H groups in total. The first-order valence-electron chi connectivity index (χ1n) is 6.27. The summed E-state index contributed by atoms with van der Waals surface area (Å²) in [5, 5.41) is 23.5. The quantitative estimate of drug-likeness (QED) is 0.525. The molecule has 1 heterocycles. The molecule has 0 bridgehead atoms. The van der Waals surface area contributed by atoms with Crippen molar-refractivity contribution in [2.75, 3.05) is 7.11 Å². The molecule has 0 aliphatic heterocycles. The first-order valence-corrected chi connectivity index (χ1v) is 6.27. The lowest BCUT2D eigenvalue weighted by molar-refractivity contribution is -0.592. The summed E-state index contributed by atoms with van der Waals surface area (Å²) in [6.45, 7) is 3.08. The second-order valence-electron chi connectivity index (χ2n) is 5.23. The van der Waals surface area contributed by atoms with Crippen LogP contribution in [0.5, 0.6) is 0 Å². The normalized spacial score (nSPS) is 13.2. The number of nitrogens with zero attached hydrogens (tertiary/aromatic N) is 1. The molecule has 2 rings (SSSR count). The van der Waals surface area contributed by atoms with Gasteiger partial charge in [-0.3, -0.25) is 4.79 Å². The van der Waals surface area contributed by atoms with Crippen LogP contribution in [0.3, 0.4) is 0 Å². The first-order chi connectivity index (χ1) is 9.39. The number of para-hydroxylation sites is 1. The van der Waals surface area contributed by atoms with Gasteiger partial charge < -0.3 is 15.1 Å². The Morgan fingerprint density at radius 3 is 2.60 bits per heavy atom. The number of pyridine rings is 1. The summed E-state index contributed by atoms with van der Waals surface area (Å²) < 4.78 is 5.33. The molecule has 1 atom stereocenters. The third-order valence-electron chi connectivity index (χ3n) is 3.50. The van der Waals surface area contributed by atoms with E-state index in [4.69, 9.17) is 0 Å². The number of aliphatic hydroxyl groups excluding tert-OH is 1. The summed E-state index contributed by atoms with van der Waals surface area (Å²) in [5.41, 5.74) is -0.632. The van der Waals surface area contributed by atoms with Crippen LogP contribution in [-0.4, -0.2) is 18.2 Å². The Labute approximate surface area is 117 Å². The van der Waals surface area contributed by atoms with Crippen LogP contribution in [0.15, 0.2) is 36.4 Å². The van der Waals surface area contributed by atoms with Crippen LogP contribution in [0.2, 0.25) is 0 Å². The number of esters is 1. The summed E-state index contributed by atoms with van der Waals surface area (Å²) in [4.78, 5) is 11.7. The minimum absolute atomic E-state index is 0.124. The summed E-state index contributed by atoms with van der Waals surface area (Å²) in [6.07, 6.45) is -1.25. The fourth-order valence-corrected chi connectivity index (χ4v) is 2.14. The molecule has 5 nitrogen and oxygen atoms in total. The van der Waals surface area contributed by atoms with Gasteiger partial charge in [0, 0.05) is 17.5 Å². The average Bonchev–Trinajstić information content (AvgIpc) is 2.46. The second-order valence-corrected chi connectivity index (χ2v) is 5.23. The molecule has 20 heavy (non-hydrogen) atoms. The van der Waals surface area contributed by atoms with Crippen LogP contribution >= 0.6 is 0 Å². The topological polar surface area (TPSA) is 73.5 Å². The Kier molecular flexibility index (Phi) is 3.63. The van der Waals surface area contributed by atoms with Crippen molar-refractivity contribution in [3.05, 3.63) is 47.3 Å². The Morgan fingerprint density at radius 1 is 1.30 bits per heavy atom. The summed E-state index contributed by atoms with van der Waals surface area (Å²) in [6, 6.07) is 10.3. The van der Waals surface area contributed by atoms with Crippen molar-refractivity contribution in [2.45, 2.75) is 20.0 Å². The molecule has 0 aliphatic carbocycles. The van der Waals surface area contributed by atoms with E-state index in [2.05, 4.69) is 4.74 Å². The van der Waals surface area contributed by atoms with Gasteiger partial charge in [0.05, 0.1) is 12.5 Å². The molecular weight excluding hydrogens is 258 g/mol. The van der Waals surface area contributed by atoms with E-state index in [1.807, 2.05) is 12.1 Å². The molecule has 0 radical (unpaired) electrons. The zero-order valence-electron chi connectivity index (χ0n) is 11.7. The molecule has 0 unspecified atom stereocenters. The number of hydrogen-bond donors (Lipinski definition) is 1. The molecule has 0 amide bonds. The largest absolute Gasteiger partial charge is 0.618 e. The monoisotopic (exact) mass is 275 g/mol. The number of fused-ring (bicyclic) bond motifs is 1. The predicted molar refractivity (Wildman–Crippen MR) is 73.7 cm³/mol. The second kappa shape index (κ2) is 5.09. The van der Waals surface area contributed by atoms with E-state index >= 15 is 0 Å². The molecule has 0 saturated carbocycles. The molecule has 106 valence electrons. The number of methoxy groups -OCH3 is 1. The van der Waals surface area contributed by atoms with Gasteiger partial charge in [-0.05, 0) is 26.0 Å². The predicted octanol–water partition coefficient (Wildman–Crippen LogP) is 1.71. The SMILES string of the molecule is COC(=O)C(C)(C)[C@H](O)c1ccc2ccccc2[n+]1[O-]. The number of ether oxygens (including phenoxy) is 1. The minimum atomic E-state index is -1.25. The van der Waals surface area contributed by atoms with E-state index in [-0.39, 0.29) is 5.69 Å². The van der Waals surface area contributed by atoms with Crippen LogP contribution < -0.4 is 4.73 Å². The zero-order valence-corrected chi connectivity index (χ0v) is 11.7. The molecule has 0 fully saturated rings. The van der Waals surface area contributed by atoms with Crippen molar-refractivity contribution in [2.24, 2.45) is 5.41 Å². The highest BCUT2D eigenvalue weighted by Gasteiger charge is 2.42. The lowest BCUT2D eigenvalue weighted by Gasteiger charge is -2.26. The molecule has 2 aromatic rings. The summed E-state index contributed by atoms with van der Waals surface area (Å²) >= 11 is 0. The summed E-state index contributed by atoms with van der Waals surface area (Å²) in [7, 11) is 1.25. The van der Waals surface area contributed by atoms with Crippen LogP contribution in [0.4, 0.5) is 0 Å². The van der Waals surface area contributed by atoms with E-state index in [1.54, 1.807) is 32.0 Å². The number of carbonyl (C=O) groups excluding carboxylic acids is 1. The van der Waals surface area contributed by atoms with Crippen LogP contribution in [0.1, 0.15) is 25.6 Å². The molecule has 1 aromatic carbocycles. The number of hydrogen-bond acceptors (Lipinski definition) is 4. The first kappa shape index (κ1) is 14.3. The minimum Gasteiger partial charge on any atom is -0.618 e. The average molecular weight is 275 g/mol. The van der Waals surface area contributed by atoms with Gasteiger partial charge in [-0.25, -0.2) is 0 Å². The lowest BCUT2D eigenvalue weighted by Crippen LogP contribution is -2.41. The third-order valence-corrected chi connectivity index (χ3v) is 3.50. The van der Waals surface area contributed by atoms with Gasteiger partial charge in [0.1, 0.15) is 0 Å². The van der Waals surface area contributed by atoms with E-state index in [0.717, 1.165) is 5.39 Å². The van der Waals surface area contributed by atoms with Crippen molar-refractivity contribution in [1.29, 1.82) is 0 Å². The van der Waals surface area contributed by atoms with Crippen molar-refractivity contribution >= 4 is 16.9 Å². The van der Waals surface area contributed by atoms with E-state index in [0.29, 0.717) is 10.2 Å². The van der Waals surface area contributed by atoms with E-state index in [1.165, 1.54) is 13.2 Å². The number of benzene rings is 1. The Balaban J connectivity index is 2.53. The Bertz CT molecular complexity index is 651. The molecular formula is C15H17NO4. The molecule has 0 spiro atoms. The molecule has 1 aromatic heterocycles. The smallest absolute Gasteiger partial charge is 0.314 e.